The summed E-state index contributed by atoms with van der Waals surface area (Å²) in [4.78, 5) is 0.304. The van der Waals surface area contributed by atoms with Gasteiger partial charge in [0, 0.05) is 13.1 Å². The minimum atomic E-state index is -3.43. The Morgan fingerprint density at radius 1 is 1.35 bits per heavy atom. The number of morpholine rings is 1. The van der Waals surface area contributed by atoms with Crippen LogP contribution in [-0.4, -0.2) is 43.6 Å². The quantitative estimate of drug-likeness (QED) is 0.793. The molecule has 1 aromatic rings. The number of sulfonamides is 1. The Balaban J connectivity index is 1.78. The number of nitrogens with zero attached hydrogens (tertiary/aromatic N) is 1. The van der Waals surface area contributed by atoms with Gasteiger partial charge in [-0.1, -0.05) is 0 Å². The summed E-state index contributed by atoms with van der Waals surface area (Å²) in [5.41, 5.74) is -0.270. The monoisotopic (exact) mass is 297 g/mol. The van der Waals surface area contributed by atoms with Crippen LogP contribution in [0, 0.1) is 0 Å². The third-order valence-corrected chi connectivity index (χ3v) is 5.55. The average Bonchev–Trinajstić information content (AvgIpc) is 2.87. The molecule has 0 N–H and O–H groups in total. The summed E-state index contributed by atoms with van der Waals surface area (Å²) in [5.74, 6) is 0.679. The van der Waals surface area contributed by atoms with Crippen LogP contribution < -0.4 is 4.74 Å². The Labute approximate surface area is 119 Å². The van der Waals surface area contributed by atoms with Gasteiger partial charge in [0.1, 0.15) is 17.5 Å². The van der Waals surface area contributed by atoms with Crippen molar-refractivity contribution in [1.29, 1.82) is 0 Å². The molecule has 0 aliphatic carbocycles. The molecule has 2 fully saturated rings. The Bertz CT molecular complexity index is 611. The maximum absolute atomic E-state index is 12.5. The molecule has 2 atom stereocenters. The Kier molecular flexibility index (Phi) is 3.08. The number of benzene rings is 1. The van der Waals surface area contributed by atoms with Crippen molar-refractivity contribution in [3.63, 3.8) is 0 Å². The standard InChI is InChI=1S/C14H19NO4S/c1-10(2)18-11-4-6-12(7-5-11)20(16,17)15-8-13-14(3,9-15)19-13/h4-7,10,13H,8-9H2,1-3H3. The minimum Gasteiger partial charge on any atom is -0.491 e. The van der Waals surface area contributed by atoms with Gasteiger partial charge in [0.15, 0.2) is 0 Å². The van der Waals surface area contributed by atoms with E-state index in [1.807, 2.05) is 20.8 Å². The van der Waals surface area contributed by atoms with Gasteiger partial charge in [0.2, 0.25) is 10.0 Å². The molecule has 0 saturated carbocycles. The molecule has 2 unspecified atom stereocenters. The first-order valence-electron chi connectivity index (χ1n) is 6.76. The Morgan fingerprint density at radius 2 is 2.00 bits per heavy atom. The van der Waals surface area contributed by atoms with Crippen LogP contribution in [0.4, 0.5) is 0 Å². The highest BCUT2D eigenvalue weighted by Gasteiger charge is 2.61. The van der Waals surface area contributed by atoms with E-state index in [0.29, 0.717) is 23.7 Å². The first-order chi connectivity index (χ1) is 9.31. The highest BCUT2D eigenvalue weighted by Crippen LogP contribution is 2.44. The average molecular weight is 297 g/mol. The van der Waals surface area contributed by atoms with Crippen LogP contribution in [0.3, 0.4) is 0 Å². The molecule has 2 saturated heterocycles. The summed E-state index contributed by atoms with van der Waals surface area (Å²) in [6, 6.07) is 6.59. The Morgan fingerprint density at radius 3 is 2.50 bits per heavy atom. The highest BCUT2D eigenvalue weighted by molar-refractivity contribution is 7.89. The summed E-state index contributed by atoms with van der Waals surface area (Å²) < 4.78 is 37.5. The van der Waals surface area contributed by atoms with E-state index in [1.54, 1.807) is 24.3 Å². The lowest BCUT2D eigenvalue weighted by molar-refractivity contribution is 0.226. The summed E-state index contributed by atoms with van der Waals surface area (Å²) in [6.45, 7) is 6.70. The number of fused-ring (bicyclic) bond motifs is 1. The van der Waals surface area contributed by atoms with Gasteiger partial charge in [-0.25, -0.2) is 8.42 Å². The number of rotatable bonds is 4. The SMILES string of the molecule is CC(C)Oc1ccc(S(=O)(=O)N2CC3OC3(C)C2)cc1. The fourth-order valence-corrected chi connectivity index (χ4v) is 4.09. The van der Waals surface area contributed by atoms with E-state index in [-0.39, 0.29) is 17.8 Å². The van der Waals surface area contributed by atoms with E-state index < -0.39 is 10.0 Å². The van der Waals surface area contributed by atoms with Crippen molar-refractivity contribution < 1.29 is 17.9 Å². The minimum absolute atomic E-state index is 0.0563. The predicted molar refractivity (Wildman–Crippen MR) is 74.2 cm³/mol. The molecular formula is C14H19NO4S. The fourth-order valence-electron chi connectivity index (χ4n) is 2.55. The van der Waals surface area contributed by atoms with E-state index >= 15 is 0 Å². The van der Waals surface area contributed by atoms with Crippen LogP contribution in [0.5, 0.6) is 5.75 Å². The second-order valence-electron chi connectivity index (χ2n) is 5.85. The van der Waals surface area contributed by atoms with E-state index in [0.717, 1.165) is 0 Å². The lowest BCUT2D eigenvalue weighted by atomic mass is 10.2. The molecule has 0 bridgehead atoms. The molecule has 0 spiro atoms. The lowest BCUT2D eigenvalue weighted by Gasteiger charge is -2.19. The molecule has 6 heteroatoms. The van der Waals surface area contributed by atoms with Gasteiger partial charge in [0.05, 0.1) is 11.0 Å². The summed E-state index contributed by atoms with van der Waals surface area (Å²) in [5, 5.41) is 0. The zero-order valence-corrected chi connectivity index (χ0v) is 12.7. The van der Waals surface area contributed by atoms with Gasteiger partial charge in [-0.3, -0.25) is 0 Å². The van der Waals surface area contributed by atoms with Gasteiger partial charge in [-0.15, -0.1) is 0 Å². The summed E-state index contributed by atoms with van der Waals surface area (Å²) in [6.07, 6.45) is 0.126. The van der Waals surface area contributed by atoms with Gasteiger partial charge in [-0.2, -0.15) is 4.31 Å². The third kappa shape index (κ3) is 2.32. The maximum Gasteiger partial charge on any atom is 0.243 e. The lowest BCUT2D eigenvalue weighted by Crippen LogP contribution is -2.33. The van der Waals surface area contributed by atoms with Gasteiger partial charge >= 0.3 is 0 Å². The van der Waals surface area contributed by atoms with Crippen LogP contribution in [0.25, 0.3) is 0 Å². The number of ether oxygens (including phenoxy) is 2. The van der Waals surface area contributed by atoms with Crippen LogP contribution in [-0.2, 0) is 14.8 Å². The second kappa shape index (κ2) is 4.44. The molecule has 1 aromatic carbocycles. The predicted octanol–water partition coefficient (Wildman–Crippen LogP) is 1.64. The van der Waals surface area contributed by atoms with Crippen molar-refractivity contribution in [3.8, 4) is 5.75 Å². The van der Waals surface area contributed by atoms with Crippen LogP contribution in [0.1, 0.15) is 20.8 Å². The molecule has 3 rings (SSSR count). The number of hydrogen-bond acceptors (Lipinski definition) is 4. The number of hydrogen-bond donors (Lipinski definition) is 0. The maximum atomic E-state index is 12.5. The molecule has 0 amide bonds. The number of epoxide rings is 1. The second-order valence-corrected chi connectivity index (χ2v) is 7.79. The van der Waals surface area contributed by atoms with Crippen LogP contribution in [0.15, 0.2) is 29.2 Å². The van der Waals surface area contributed by atoms with E-state index in [4.69, 9.17) is 9.47 Å². The van der Waals surface area contributed by atoms with Crippen molar-refractivity contribution in [2.24, 2.45) is 0 Å². The first kappa shape index (κ1) is 13.9. The molecule has 0 radical (unpaired) electrons. The van der Waals surface area contributed by atoms with Crippen molar-refractivity contribution >= 4 is 10.0 Å². The third-order valence-electron chi connectivity index (χ3n) is 3.73. The van der Waals surface area contributed by atoms with Crippen molar-refractivity contribution in [2.45, 2.75) is 43.5 Å². The van der Waals surface area contributed by atoms with Crippen LogP contribution >= 0.6 is 0 Å². The molecule has 2 aliphatic rings. The summed E-state index contributed by atoms with van der Waals surface area (Å²) >= 11 is 0. The topological polar surface area (TPSA) is 59.1 Å². The molecule has 20 heavy (non-hydrogen) atoms. The van der Waals surface area contributed by atoms with Gasteiger partial charge in [-0.05, 0) is 45.0 Å². The van der Waals surface area contributed by atoms with E-state index in [1.165, 1.54) is 4.31 Å². The zero-order chi connectivity index (χ0) is 14.5. The largest absolute Gasteiger partial charge is 0.491 e. The van der Waals surface area contributed by atoms with Gasteiger partial charge < -0.3 is 9.47 Å². The fraction of sp³-hybridized carbons (Fsp3) is 0.571. The van der Waals surface area contributed by atoms with Crippen molar-refractivity contribution in [2.75, 3.05) is 13.1 Å². The molecule has 0 aromatic heterocycles. The normalized spacial score (nSPS) is 29.5. The van der Waals surface area contributed by atoms with E-state index in [2.05, 4.69) is 0 Å². The zero-order valence-electron chi connectivity index (χ0n) is 11.9. The molecule has 110 valence electrons. The summed E-state index contributed by atoms with van der Waals surface area (Å²) in [7, 11) is -3.43. The first-order valence-corrected chi connectivity index (χ1v) is 8.20. The Hall–Kier alpha value is -1.11. The van der Waals surface area contributed by atoms with Crippen molar-refractivity contribution in [1.82, 2.24) is 4.31 Å². The van der Waals surface area contributed by atoms with Crippen LogP contribution in [0.2, 0.25) is 0 Å². The highest BCUT2D eigenvalue weighted by atomic mass is 32.2. The van der Waals surface area contributed by atoms with Gasteiger partial charge in [0.25, 0.3) is 0 Å². The molecule has 2 heterocycles. The van der Waals surface area contributed by atoms with Crippen molar-refractivity contribution in [3.05, 3.63) is 24.3 Å². The smallest absolute Gasteiger partial charge is 0.243 e. The molecule has 5 nitrogen and oxygen atoms in total. The molecule has 2 aliphatic heterocycles. The van der Waals surface area contributed by atoms with E-state index in [9.17, 15) is 8.42 Å². The molecular weight excluding hydrogens is 278 g/mol.